The molecule has 9 heteroatoms. The Labute approximate surface area is 129 Å². The van der Waals surface area contributed by atoms with Crippen molar-refractivity contribution in [3.05, 3.63) is 41.5 Å². The number of hydrogen-bond donors (Lipinski definition) is 1. The lowest BCUT2D eigenvalue weighted by atomic mass is 10.2. The molecule has 0 saturated heterocycles. The van der Waals surface area contributed by atoms with E-state index in [-0.39, 0.29) is 31.5 Å². The van der Waals surface area contributed by atoms with E-state index >= 15 is 0 Å². The molecule has 0 fully saturated rings. The van der Waals surface area contributed by atoms with Crippen molar-refractivity contribution < 1.29 is 18.0 Å². The van der Waals surface area contributed by atoms with E-state index in [1.807, 2.05) is 19.1 Å². The number of carbonyl (C=O) groups excluding carboxylic acids is 1. The van der Waals surface area contributed by atoms with Gasteiger partial charge in [-0.1, -0.05) is 17.7 Å². The molecule has 6 nitrogen and oxygen atoms in total. The second kappa shape index (κ2) is 5.56. The number of amides is 2. The highest BCUT2D eigenvalue weighted by atomic mass is 19.4. The van der Waals surface area contributed by atoms with E-state index in [1.165, 1.54) is 4.90 Å². The van der Waals surface area contributed by atoms with Gasteiger partial charge in [0.25, 0.3) is 0 Å². The SMILES string of the molecule is Cc1ccc(NC(=O)N2CCn3c(nnc3C(F)(F)F)C2)cc1. The molecule has 0 radical (unpaired) electrons. The van der Waals surface area contributed by atoms with Gasteiger partial charge in [-0.15, -0.1) is 10.2 Å². The van der Waals surface area contributed by atoms with Gasteiger partial charge in [0, 0.05) is 18.8 Å². The average Bonchev–Trinajstić information content (AvgIpc) is 2.92. The number of aromatic nitrogens is 3. The Hall–Kier alpha value is -2.58. The summed E-state index contributed by atoms with van der Waals surface area (Å²) in [4.78, 5) is 13.6. The molecule has 122 valence electrons. The first kappa shape index (κ1) is 15.3. The van der Waals surface area contributed by atoms with Crippen molar-refractivity contribution in [1.29, 1.82) is 0 Å². The summed E-state index contributed by atoms with van der Waals surface area (Å²) in [5.41, 5.74) is 1.69. The summed E-state index contributed by atoms with van der Waals surface area (Å²) in [7, 11) is 0. The molecule has 0 atom stereocenters. The van der Waals surface area contributed by atoms with Gasteiger partial charge in [-0.2, -0.15) is 13.2 Å². The third kappa shape index (κ3) is 3.13. The third-order valence-electron chi connectivity index (χ3n) is 3.60. The number of carbonyl (C=O) groups is 1. The maximum atomic E-state index is 12.8. The van der Waals surface area contributed by atoms with Crippen molar-refractivity contribution in [3.8, 4) is 0 Å². The molecule has 0 unspecified atom stereocenters. The van der Waals surface area contributed by atoms with Gasteiger partial charge in [0.05, 0.1) is 6.54 Å². The fourth-order valence-electron chi connectivity index (χ4n) is 2.38. The molecule has 1 aromatic carbocycles. The van der Waals surface area contributed by atoms with E-state index < -0.39 is 12.0 Å². The number of urea groups is 1. The fourth-order valence-corrected chi connectivity index (χ4v) is 2.38. The number of nitrogens with one attached hydrogen (secondary N) is 1. The van der Waals surface area contributed by atoms with Gasteiger partial charge in [-0.05, 0) is 19.1 Å². The van der Waals surface area contributed by atoms with Gasteiger partial charge in [0.2, 0.25) is 5.82 Å². The molecule has 2 aromatic rings. The summed E-state index contributed by atoms with van der Waals surface area (Å²) in [6.45, 7) is 2.09. The van der Waals surface area contributed by atoms with E-state index in [2.05, 4.69) is 15.5 Å². The van der Waals surface area contributed by atoms with Crippen LogP contribution in [-0.2, 0) is 19.3 Å². The van der Waals surface area contributed by atoms with Crippen LogP contribution in [0, 0.1) is 6.92 Å². The fraction of sp³-hybridized carbons (Fsp3) is 0.357. The molecular weight excluding hydrogens is 311 g/mol. The number of anilines is 1. The first-order valence-corrected chi connectivity index (χ1v) is 6.96. The predicted molar refractivity (Wildman–Crippen MR) is 75.6 cm³/mol. The zero-order valence-electron chi connectivity index (χ0n) is 12.3. The van der Waals surface area contributed by atoms with Gasteiger partial charge >= 0.3 is 12.2 Å². The maximum absolute atomic E-state index is 12.8. The Kier molecular flexibility index (Phi) is 3.70. The second-order valence-electron chi connectivity index (χ2n) is 5.31. The zero-order chi connectivity index (χ0) is 16.6. The largest absolute Gasteiger partial charge is 0.451 e. The lowest BCUT2D eigenvalue weighted by molar-refractivity contribution is -0.147. The highest BCUT2D eigenvalue weighted by molar-refractivity contribution is 5.89. The number of alkyl halides is 3. The van der Waals surface area contributed by atoms with Gasteiger partial charge in [-0.25, -0.2) is 4.79 Å². The molecule has 1 N–H and O–H groups in total. The van der Waals surface area contributed by atoms with Gasteiger partial charge in [0.15, 0.2) is 5.82 Å². The summed E-state index contributed by atoms with van der Waals surface area (Å²) in [5.74, 6) is -0.895. The molecule has 1 aromatic heterocycles. The van der Waals surface area contributed by atoms with E-state index in [0.717, 1.165) is 10.1 Å². The van der Waals surface area contributed by atoms with E-state index in [4.69, 9.17) is 0 Å². The van der Waals surface area contributed by atoms with E-state index in [0.29, 0.717) is 5.69 Å². The predicted octanol–water partition coefficient (Wildman–Crippen LogP) is 2.65. The highest BCUT2D eigenvalue weighted by Gasteiger charge is 2.39. The summed E-state index contributed by atoms with van der Waals surface area (Å²) in [6.07, 6.45) is -4.54. The number of hydrogen-bond acceptors (Lipinski definition) is 3. The minimum absolute atomic E-state index is 0.0124. The van der Waals surface area contributed by atoms with E-state index in [9.17, 15) is 18.0 Å². The molecule has 0 bridgehead atoms. The molecule has 1 aliphatic heterocycles. The van der Waals surface area contributed by atoms with Gasteiger partial charge < -0.3 is 14.8 Å². The van der Waals surface area contributed by atoms with Crippen LogP contribution in [0.5, 0.6) is 0 Å². The second-order valence-corrected chi connectivity index (χ2v) is 5.31. The summed E-state index contributed by atoms with van der Waals surface area (Å²) < 4.78 is 39.3. The lowest BCUT2D eigenvalue weighted by Crippen LogP contribution is -2.41. The van der Waals surface area contributed by atoms with Gasteiger partial charge in [-0.3, -0.25) is 0 Å². The maximum Gasteiger partial charge on any atom is 0.451 e. The van der Waals surface area contributed by atoms with Crippen molar-refractivity contribution in [1.82, 2.24) is 19.7 Å². The number of aryl methyl sites for hydroxylation is 1. The lowest BCUT2D eigenvalue weighted by Gasteiger charge is -2.28. The number of nitrogens with zero attached hydrogens (tertiary/aromatic N) is 4. The average molecular weight is 325 g/mol. The summed E-state index contributed by atoms with van der Waals surface area (Å²) in [6, 6.07) is 6.87. The zero-order valence-corrected chi connectivity index (χ0v) is 12.3. The first-order valence-electron chi connectivity index (χ1n) is 6.96. The smallest absolute Gasteiger partial charge is 0.315 e. The molecule has 0 saturated carbocycles. The van der Waals surface area contributed by atoms with Crippen LogP contribution in [0.1, 0.15) is 17.2 Å². The van der Waals surface area contributed by atoms with Crippen molar-refractivity contribution in [3.63, 3.8) is 0 Å². The van der Waals surface area contributed by atoms with Crippen molar-refractivity contribution >= 4 is 11.7 Å². The molecule has 0 spiro atoms. The molecular formula is C14H14F3N5O. The molecule has 2 heterocycles. The number of halogens is 3. The topological polar surface area (TPSA) is 63.1 Å². The van der Waals surface area contributed by atoms with Crippen molar-refractivity contribution in [2.45, 2.75) is 26.2 Å². The minimum atomic E-state index is -4.54. The Morgan fingerprint density at radius 2 is 1.87 bits per heavy atom. The Morgan fingerprint density at radius 3 is 2.52 bits per heavy atom. The Morgan fingerprint density at radius 1 is 1.17 bits per heavy atom. The Balaban J connectivity index is 1.71. The highest BCUT2D eigenvalue weighted by Crippen LogP contribution is 2.29. The molecule has 0 aliphatic carbocycles. The normalized spacial score (nSPS) is 14.5. The van der Waals surface area contributed by atoms with Crippen LogP contribution >= 0.6 is 0 Å². The van der Waals surface area contributed by atoms with Crippen LogP contribution in [0.4, 0.5) is 23.7 Å². The van der Waals surface area contributed by atoms with Crippen LogP contribution < -0.4 is 5.32 Å². The van der Waals surface area contributed by atoms with Crippen molar-refractivity contribution in [2.24, 2.45) is 0 Å². The van der Waals surface area contributed by atoms with Gasteiger partial charge in [0.1, 0.15) is 0 Å². The van der Waals surface area contributed by atoms with Crippen LogP contribution in [0.15, 0.2) is 24.3 Å². The number of rotatable bonds is 1. The van der Waals surface area contributed by atoms with Crippen LogP contribution in [0.2, 0.25) is 0 Å². The minimum Gasteiger partial charge on any atom is -0.315 e. The Bertz CT molecular complexity index is 723. The van der Waals surface area contributed by atoms with E-state index in [1.54, 1.807) is 12.1 Å². The molecule has 23 heavy (non-hydrogen) atoms. The van der Waals surface area contributed by atoms with Crippen LogP contribution in [-0.4, -0.2) is 32.2 Å². The van der Waals surface area contributed by atoms with Crippen molar-refractivity contribution in [2.75, 3.05) is 11.9 Å². The summed E-state index contributed by atoms with van der Waals surface area (Å²) in [5, 5.41) is 9.45. The number of fused-ring (bicyclic) bond motifs is 1. The standard InChI is InChI=1S/C14H14F3N5O/c1-9-2-4-10(5-3-9)18-13(23)21-6-7-22-11(8-21)19-20-12(22)14(15,16)17/h2-5H,6-8H2,1H3,(H,18,23). The number of benzene rings is 1. The first-order chi connectivity index (χ1) is 10.8. The molecule has 3 rings (SSSR count). The molecule has 1 aliphatic rings. The monoisotopic (exact) mass is 325 g/mol. The quantitative estimate of drug-likeness (QED) is 0.877. The van der Waals surface area contributed by atoms with Crippen LogP contribution in [0.3, 0.4) is 0 Å². The third-order valence-corrected chi connectivity index (χ3v) is 3.60. The summed E-state index contributed by atoms with van der Waals surface area (Å²) >= 11 is 0. The molecule has 2 amide bonds. The van der Waals surface area contributed by atoms with Crippen LogP contribution in [0.25, 0.3) is 0 Å².